The molecule has 0 aromatic heterocycles. The first-order valence-corrected chi connectivity index (χ1v) is 29.1. The monoisotopic (exact) mass is 922 g/mol. The third-order valence-corrected chi connectivity index (χ3v) is 21.2. The molecule has 8 aromatic carbocycles. The normalized spacial score (nSPS) is 21.2. The summed E-state index contributed by atoms with van der Waals surface area (Å²) >= 11 is 0. The van der Waals surface area contributed by atoms with Crippen LogP contribution in [0, 0.1) is 0 Å². The first-order valence-electron chi connectivity index (χ1n) is 26.1. The van der Waals surface area contributed by atoms with Gasteiger partial charge in [-0.25, -0.2) is 0 Å². The molecule has 0 amide bonds. The Labute approximate surface area is 418 Å². The van der Waals surface area contributed by atoms with E-state index in [2.05, 4.69) is 232 Å². The van der Waals surface area contributed by atoms with E-state index in [0.29, 0.717) is 5.92 Å². The third-order valence-electron chi connectivity index (χ3n) is 17.7. The maximum atomic E-state index is 2.69. The highest BCUT2D eigenvalue weighted by Gasteiger charge is 2.53. The molecule has 338 valence electrons. The van der Waals surface area contributed by atoms with E-state index in [1.54, 1.807) is 21.5 Å². The molecular weight excluding hydrogens is 869 g/mol. The van der Waals surface area contributed by atoms with E-state index in [-0.39, 0.29) is 11.3 Å². The Hall–Kier alpha value is -7.58. The number of hydrogen-bond donors (Lipinski definition) is 0. The van der Waals surface area contributed by atoms with E-state index in [1.807, 2.05) is 0 Å². The van der Waals surface area contributed by atoms with Crippen LogP contribution in [0.1, 0.15) is 77.3 Å². The number of fused-ring (bicyclic) bond motifs is 13. The van der Waals surface area contributed by atoms with E-state index >= 15 is 0 Å². The van der Waals surface area contributed by atoms with Crippen molar-refractivity contribution in [3.8, 4) is 44.5 Å². The van der Waals surface area contributed by atoms with Gasteiger partial charge in [0.1, 0.15) is 8.07 Å². The van der Waals surface area contributed by atoms with Gasteiger partial charge in [-0.1, -0.05) is 226 Å². The molecule has 0 bridgehead atoms. The lowest BCUT2D eigenvalue weighted by molar-refractivity contribution is 0.735. The van der Waals surface area contributed by atoms with Crippen molar-refractivity contribution in [1.29, 1.82) is 0 Å². The van der Waals surface area contributed by atoms with Gasteiger partial charge in [0, 0.05) is 11.8 Å². The molecule has 0 saturated carbocycles. The molecule has 8 aromatic rings. The fraction of sp³-hybridized carbons (Fsp3) is 0.143. The second kappa shape index (κ2) is 15.5. The first kappa shape index (κ1) is 41.2. The molecule has 3 atom stereocenters. The van der Waals surface area contributed by atoms with Gasteiger partial charge in [-0.2, -0.15) is 0 Å². The van der Waals surface area contributed by atoms with Crippen LogP contribution in [0.4, 0.5) is 0 Å². The molecule has 1 heteroatoms. The minimum absolute atomic E-state index is 0.206. The van der Waals surface area contributed by atoms with Crippen molar-refractivity contribution in [3.63, 3.8) is 0 Å². The van der Waals surface area contributed by atoms with Crippen LogP contribution < -0.4 is 20.8 Å². The van der Waals surface area contributed by atoms with Crippen molar-refractivity contribution in [2.75, 3.05) is 0 Å². The summed E-state index contributed by atoms with van der Waals surface area (Å²) in [5.74, 6) is 0.605. The van der Waals surface area contributed by atoms with E-state index in [9.17, 15) is 0 Å². The van der Waals surface area contributed by atoms with E-state index < -0.39 is 8.07 Å². The molecule has 3 unspecified atom stereocenters. The topological polar surface area (TPSA) is 0 Å². The summed E-state index contributed by atoms with van der Waals surface area (Å²) in [4.78, 5) is 0. The summed E-state index contributed by atoms with van der Waals surface area (Å²) in [6.07, 6.45) is 29.3. The molecule has 0 fully saturated rings. The van der Waals surface area contributed by atoms with Gasteiger partial charge in [-0.15, -0.1) is 0 Å². The van der Waals surface area contributed by atoms with Gasteiger partial charge >= 0.3 is 0 Å². The fourth-order valence-corrected chi connectivity index (χ4v) is 17.5. The number of allylic oxidation sites excluding steroid dienone is 12. The van der Waals surface area contributed by atoms with Gasteiger partial charge in [0.15, 0.2) is 0 Å². The Kier molecular flexibility index (Phi) is 8.97. The lowest BCUT2D eigenvalue weighted by Crippen LogP contribution is -2.49. The van der Waals surface area contributed by atoms with Crippen LogP contribution in [-0.4, -0.2) is 8.07 Å². The predicted octanol–water partition coefficient (Wildman–Crippen LogP) is 15.1. The Morgan fingerprint density at radius 3 is 2.06 bits per heavy atom. The molecule has 0 nitrogen and oxygen atoms in total. The Balaban J connectivity index is 0.987. The second-order valence-corrected chi connectivity index (χ2v) is 25.9. The molecule has 71 heavy (non-hydrogen) atoms. The maximum Gasteiger partial charge on any atom is 0.113 e. The standard InChI is InChI=1S/C70H54Si/c1-71(2)66-27-14-11-22-56(66)58-42-60-61(43-67(58)71)69(49-34-30-47(31-35-49)45-18-7-4-8-19-45)59-40-50(37-39-57(59)68(60)48-32-28-46(29-33-48)44-16-5-3-6-17-44)51-36-38-55-53-21-10-13-25-63(53)70(65(55)41-51)62-24-12-9-20-52(62)54-23-15-26-64(54)70/h3-9,11-18,20,22-25,27-36,38-43,45,50H,10,19,21,26,37H2,1-2H3. The quantitative estimate of drug-likeness (QED) is 0.151. The highest BCUT2D eigenvalue weighted by molar-refractivity contribution is 7.04. The Bertz CT molecular complexity index is 3960. The average molecular weight is 923 g/mol. The van der Waals surface area contributed by atoms with Crippen LogP contribution in [-0.2, 0) is 5.41 Å². The van der Waals surface area contributed by atoms with E-state index in [4.69, 9.17) is 0 Å². The maximum absolute atomic E-state index is 2.69. The van der Waals surface area contributed by atoms with Crippen LogP contribution in [0.25, 0.3) is 78.6 Å². The zero-order valence-electron chi connectivity index (χ0n) is 40.5. The van der Waals surface area contributed by atoms with Crippen molar-refractivity contribution in [3.05, 3.63) is 261 Å². The minimum atomic E-state index is -2.02. The molecule has 0 radical (unpaired) electrons. The molecule has 15 rings (SSSR count). The highest BCUT2D eigenvalue weighted by atomic mass is 28.3. The van der Waals surface area contributed by atoms with Crippen LogP contribution >= 0.6 is 0 Å². The van der Waals surface area contributed by atoms with Crippen LogP contribution in [0.2, 0.25) is 13.1 Å². The number of hydrogen-bond acceptors (Lipinski definition) is 0. The summed E-state index contributed by atoms with van der Waals surface area (Å²) < 4.78 is 0. The van der Waals surface area contributed by atoms with E-state index in [0.717, 1.165) is 32.1 Å². The molecule has 1 spiro atoms. The van der Waals surface area contributed by atoms with Crippen molar-refractivity contribution >= 4 is 52.5 Å². The highest BCUT2D eigenvalue weighted by Crippen LogP contribution is 2.64. The summed E-state index contributed by atoms with van der Waals surface area (Å²) in [5.41, 5.74) is 25.1. The Morgan fingerprint density at radius 2 is 1.23 bits per heavy atom. The second-order valence-electron chi connectivity index (χ2n) is 21.6. The van der Waals surface area contributed by atoms with Gasteiger partial charge in [0.25, 0.3) is 0 Å². The molecule has 7 aliphatic rings. The molecule has 0 saturated heterocycles. The third kappa shape index (κ3) is 5.85. The lowest BCUT2D eigenvalue weighted by Gasteiger charge is -2.34. The summed E-state index contributed by atoms with van der Waals surface area (Å²) in [7, 11) is -2.02. The van der Waals surface area contributed by atoms with Crippen molar-refractivity contribution < 1.29 is 0 Å². The largest absolute Gasteiger partial charge is 0.113 e. The molecule has 1 aliphatic heterocycles. The molecule has 1 heterocycles. The average Bonchev–Trinajstić information content (AvgIpc) is 4.16. The smallest absolute Gasteiger partial charge is 0.0839 e. The van der Waals surface area contributed by atoms with E-state index in [1.165, 1.54) is 110 Å². The molecular formula is C70H54Si. The summed E-state index contributed by atoms with van der Waals surface area (Å²) in [5, 5.41) is 8.53. The number of rotatable bonds is 5. The fourth-order valence-electron chi connectivity index (χ4n) is 14.4. The van der Waals surface area contributed by atoms with Gasteiger partial charge in [0.2, 0.25) is 0 Å². The zero-order valence-corrected chi connectivity index (χ0v) is 41.5. The van der Waals surface area contributed by atoms with Crippen LogP contribution in [0.3, 0.4) is 0 Å². The van der Waals surface area contributed by atoms with Gasteiger partial charge in [0.05, 0.1) is 5.41 Å². The first-order chi connectivity index (χ1) is 35.0. The zero-order chi connectivity index (χ0) is 47.0. The van der Waals surface area contributed by atoms with Crippen LogP contribution in [0.5, 0.6) is 0 Å². The Morgan fingerprint density at radius 1 is 0.507 bits per heavy atom. The van der Waals surface area contributed by atoms with Crippen molar-refractivity contribution in [2.45, 2.75) is 62.4 Å². The number of benzene rings is 8. The lowest BCUT2D eigenvalue weighted by atomic mass is 9.67. The van der Waals surface area contributed by atoms with Gasteiger partial charge < -0.3 is 0 Å². The molecule has 0 N–H and O–H groups in total. The predicted molar refractivity (Wildman–Crippen MR) is 303 cm³/mol. The minimum Gasteiger partial charge on any atom is -0.0839 e. The van der Waals surface area contributed by atoms with Gasteiger partial charge in [-0.3, -0.25) is 0 Å². The van der Waals surface area contributed by atoms with Crippen molar-refractivity contribution in [1.82, 2.24) is 0 Å². The van der Waals surface area contributed by atoms with Crippen LogP contribution in [0.15, 0.2) is 217 Å². The summed E-state index contributed by atoms with van der Waals surface area (Å²) in [6, 6.07) is 61.5. The van der Waals surface area contributed by atoms with Crippen molar-refractivity contribution in [2.24, 2.45) is 0 Å². The van der Waals surface area contributed by atoms with Gasteiger partial charge in [-0.05, 0) is 170 Å². The SMILES string of the molecule is C[Si]1(C)c2ccccc2-c2cc3c(-c4ccc(-c5ccccc5)cc4)c4c(c(-c5ccc(C6C=CC=CC6)cc5)c3cc21)=CC(c1ccc2c(c1)C1(C3=C2CCC=C3)C2=C(C=CC2)c2ccccc21)CC=4. The molecule has 6 aliphatic carbocycles. The summed E-state index contributed by atoms with van der Waals surface area (Å²) in [6.45, 7) is 5.13.